The lowest BCUT2D eigenvalue weighted by atomic mass is 9.97. The fourth-order valence-corrected chi connectivity index (χ4v) is 1.53. The summed E-state index contributed by atoms with van der Waals surface area (Å²) >= 11 is 0. The Labute approximate surface area is 72.2 Å². The van der Waals surface area contributed by atoms with Crippen LogP contribution in [0.2, 0.25) is 0 Å². The molecule has 1 saturated carbocycles. The number of carboxylic acid groups (broad SMARTS) is 2. The molecule has 0 radical (unpaired) electrons. The van der Waals surface area contributed by atoms with Crippen molar-refractivity contribution in [1.82, 2.24) is 0 Å². The van der Waals surface area contributed by atoms with E-state index in [4.69, 9.17) is 10.2 Å². The number of aliphatic carboxylic acids is 2. The van der Waals surface area contributed by atoms with Crippen LogP contribution in [0.25, 0.3) is 0 Å². The first-order chi connectivity index (χ1) is 5.83. The zero-order chi connectivity index (χ0) is 10.2. The third kappa shape index (κ3) is 1.93. The number of halogens is 2. The Kier molecular flexibility index (Phi) is 2.23. The maximum atomic E-state index is 12.6. The summed E-state index contributed by atoms with van der Waals surface area (Å²) < 4.78 is 25.3. The van der Waals surface area contributed by atoms with Crippen molar-refractivity contribution in [3.8, 4) is 0 Å². The Morgan fingerprint density at radius 2 is 1.38 bits per heavy atom. The van der Waals surface area contributed by atoms with Crippen LogP contribution in [0, 0.1) is 11.8 Å². The summed E-state index contributed by atoms with van der Waals surface area (Å²) in [6.07, 6.45) is -1.75. The number of alkyl halides is 2. The highest BCUT2D eigenvalue weighted by Crippen LogP contribution is 2.43. The van der Waals surface area contributed by atoms with Crippen molar-refractivity contribution in [2.45, 2.75) is 18.8 Å². The molecule has 0 aromatic heterocycles. The van der Waals surface area contributed by atoms with Gasteiger partial charge in [0, 0.05) is 12.8 Å². The second-order valence-corrected chi connectivity index (χ2v) is 3.15. The van der Waals surface area contributed by atoms with Gasteiger partial charge in [0.25, 0.3) is 0 Å². The summed E-state index contributed by atoms with van der Waals surface area (Å²) in [6, 6.07) is 0. The van der Waals surface area contributed by atoms with Crippen molar-refractivity contribution in [2.75, 3.05) is 0 Å². The average molecular weight is 194 g/mol. The van der Waals surface area contributed by atoms with Crippen LogP contribution in [-0.2, 0) is 9.59 Å². The molecule has 1 aliphatic carbocycles. The molecule has 0 aliphatic heterocycles. The Morgan fingerprint density at radius 3 is 1.62 bits per heavy atom. The summed E-state index contributed by atoms with van der Waals surface area (Å²) in [4.78, 5) is 20.8. The first-order valence-electron chi connectivity index (χ1n) is 3.67. The number of carbonyl (C=O) groups is 2. The van der Waals surface area contributed by atoms with Crippen molar-refractivity contribution in [1.29, 1.82) is 0 Å². The van der Waals surface area contributed by atoms with E-state index in [0.717, 1.165) is 0 Å². The molecular weight excluding hydrogens is 186 g/mol. The molecule has 0 spiro atoms. The molecule has 74 valence electrons. The second kappa shape index (κ2) is 2.93. The Bertz CT molecular complexity index is 227. The lowest BCUT2D eigenvalue weighted by Gasteiger charge is -2.07. The summed E-state index contributed by atoms with van der Waals surface area (Å²) in [6.45, 7) is 0. The van der Waals surface area contributed by atoms with Crippen LogP contribution in [0.15, 0.2) is 0 Å². The van der Waals surface area contributed by atoms with E-state index in [1.807, 2.05) is 0 Å². The molecule has 6 heteroatoms. The molecule has 0 heterocycles. The zero-order valence-corrected chi connectivity index (χ0v) is 6.54. The van der Waals surface area contributed by atoms with Crippen molar-refractivity contribution >= 4 is 11.9 Å². The van der Waals surface area contributed by atoms with Crippen molar-refractivity contribution in [3.05, 3.63) is 0 Å². The predicted octanol–water partition coefficient (Wildman–Crippen LogP) is 0.817. The summed E-state index contributed by atoms with van der Waals surface area (Å²) in [5, 5.41) is 16.9. The first-order valence-corrected chi connectivity index (χ1v) is 3.67. The minimum Gasteiger partial charge on any atom is -0.481 e. The number of hydrogen-bond donors (Lipinski definition) is 2. The van der Waals surface area contributed by atoms with Crippen LogP contribution in [0.1, 0.15) is 12.8 Å². The van der Waals surface area contributed by atoms with Crippen LogP contribution in [-0.4, -0.2) is 28.1 Å². The summed E-state index contributed by atoms with van der Waals surface area (Å²) in [5.74, 6) is -9.03. The molecule has 2 N–H and O–H groups in total. The van der Waals surface area contributed by atoms with Gasteiger partial charge in [-0.2, -0.15) is 0 Å². The van der Waals surface area contributed by atoms with E-state index in [0.29, 0.717) is 0 Å². The van der Waals surface area contributed by atoms with Crippen LogP contribution >= 0.6 is 0 Å². The highest BCUT2D eigenvalue weighted by Gasteiger charge is 2.52. The van der Waals surface area contributed by atoms with Crippen molar-refractivity contribution in [3.63, 3.8) is 0 Å². The van der Waals surface area contributed by atoms with Gasteiger partial charge in [0.15, 0.2) is 0 Å². The molecule has 0 bridgehead atoms. The predicted molar refractivity (Wildman–Crippen MR) is 36.4 cm³/mol. The summed E-state index contributed by atoms with van der Waals surface area (Å²) in [5.41, 5.74) is 0. The van der Waals surface area contributed by atoms with Gasteiger partial charge in [-0.15, -0.1) is 0 Å². The summed E-state index contributed by atoms with van der Waals surface area (Å²) in [7, 11) is 0. The van der Waals surface area contributed by atoms with E-state index in [2.05, 4.69) is 0 Å². The topological polar surface area (TPSA) is 74.6 Å². The normalized spacial score (nSPS) is 31.5. The van der Waals surface area contributed by atoms with E-state index in [9.17, 15) is 18.4 Å². The molecule has 1 fully saturated rings. The molecule has 0 saturated heterocycles. The van der Waals surface area contributed by atoms with Gasteiger partial charge < -0.3 is 10.2 Å². The molecule has 4 nitrogen and oxygen atoms in total. The van der Waals surface area contributed by atoms with Gasteiger partial charge in [0.05, 0.1) is 11.8 Å². The molecule has 13 heavy (non-hydrogen) atoms. The highest BCUT2D eigenvalue weighted by atomic mass is 19.3. The molecule has 1 rings (SSSR count). The first kappa shape index (κ1) is 9.88. The number of hydrogen-bond acceptors (Lipinski definition) is 2. The molecule has 0 amide bonds. The van der Waals surface area contributed by atoms with E-state index in [-0.39, 0.29) is 0 Å². The molecular formula is C7H8F2O4. The molecule has 0 aromatic carbocycles. The van der Waals surface area contributed by atoms with Crippen LogP contribution < -0.4 is 0 Å². The minimum atomic E-state index is -3.16. The SMILES string of the molecule is O=C(O)C1CC(F)(F)C[C@@H]1C(=O)O. The largest absolute Gasteiger partial charge is 0.481 e. The third-order valence-corrected chi connectivity index (χ3v) is 2.16. The van der Waals surface area contributed by atoms with Crippen LogP contribution in [0.5, 0.6) is 0 Å². The zero-order valence-electron chi connectivity index (χ0n) is 6.54. The smallest absolute Gasteiger partial charge is 0.307 e. The molecule has 1 aliphatic rings. The molecule has 0 aromatic rings. The monoisotopic (exact) mass is 194 g/mol. The van der Waals surface area contributed by atoms with Crippen LogP contribution in [0.4, 0.5) is 8.78 Å². The Balaban J connectivity index is 2.83. The fourth-order valence-electron chi connectivity index (χ4n) is 1.53. The van der Waals surface area contributed by atoms with Gasteiger partial charge in [0.2, 0.25) is 5.92 Å². The van der Waals surface area contributed by atoms with Crippen LogP contribution in [0.3, 0.4) is 0 Å². The average Bonchev–Trinajstić information content (AvgIpc) is 2.26. The lowest BCUT2D eigenvalue weighted by molar-refractivity contribution is -0.152. The van der Waals surface area contributed by atoms with Crippen molar-refractivity contribution < 1.29 is 28.6 Å². The van der Waals surface area contributed by atoms with Gasteiger partial charge in [-0.1, -0.05) is 0 Å². The second-order valence-electron chi connectivity index (χ2n) is 3.15. The van der Waals surface area contributed by atoms with Gasteiger partial charge in [-0.05, 0) is 0 Å². The molecule has 2 atom stereocenters. The van der Waals surface area contributed by atoms with Gasteiger partial charge in [-0.3, -0.25) is 9.59 Å². The Morgan fingerprint density at radius 1 is 1.08 bits per heavy atom. The van der Waals surface area contributed by atoms with E-state index in [1.165, 1.54) is 0 Å². The van der Waals surface area contributed by atoms with Crippen molar-refractivity contribution in [2.24, 2.45) is 11.8 Å². The highest BCUT2D eigenvalue weighted by molar-refractivity contribution is 5.80. The quantitative estimate of drug-likeness (QED) is 0.682. The fraction of sp³-hybridized carbons (Fsp3) is 0.714. The minimum absolute atomic E-state index is 0.876. The van der Waals surface area contributed by atoms with E-state index < -0.39 is 42.5 Å². The third-order valence-electron chi connectivity index (χ3n) is 2.16. The van der Waals surface area contributed by atoms with Gasteiger partial charge >= 0.3 is 11.9 Å². The van der Waals surface area contributed by atoms with E-state index in [1.54, 1.807) is 0 Å². The maximum absolute atomic E-state index is 12.6. The van der Waals surface area contributed by atoms with Gasteiger partial charge in [0.1, 0.15) is 0 Å². The maximum Gasteiger partial charge on any atom is 0.307 e. The Hall–Kier alpha value is -1.20. The number of carboxylic acids is 2. The lowest BCUT2D eigenvalue weighted by Crippen LogP contribution is -2.24. The van der Waals surface area contributed by atoms with E-state index >= 15 is 0 Å². The van der Waals surface area contributed by atoms with Gasteiger partial charge in [-0.25, -0.2) is 8.78 Å². The standard InChI is InChI=1S/C7H8F2O4/c8-7(9)1-3(5(10)11)4(2-7)6(12)13/h3-4H,1-2H2,(H,10,11)(H,12,13)/t3-,4?/m0/s1. The number of rotatable bonds is 2. The molecule has 1 unspecified atom stereocenters.